The van der Waals surface area contributed by atoms with E-state index >= 15 is 0 Å². The third kappa shape index (κ3) is 4.83. The summed E-state index contributed by atoms with van der Waals surface area (Å²) in [5, 5.41) is 6.85. The van der Waals surface area contributed by atoms with Crippen LogP contribution in [0.2, 0.25) is 0 Å². The molecular formula is C25H25FN4O5. The van der Waals surface area contributed by atoms with E-state index in [2.05, 4.69) is 15.6 Å². The van der Waals surface area contributed by atoms with Crippen LogP contribution < -0.4 is 25.0 Å². The number of aromatic nitrogens is 1. The lowest BCUT2D eigenvalue weighted by Crippen LogP contribution is -2.27. The highest BCUT2D eigenvalue weighted by Gasteiger charge is 2.32. The Labute approximate surface area is 201 Å². The minimum atomic E-state index is -0.427. The first kappa shape index (κ1) is 22.9. The molecule has 35 heavy (non-hydrogen) atoms. The number of anilines is 2. The fourth-order valence-corrected chi connectivity index (χ4v) is 4.28. The van der Waals surface area contributed by atoms with Gasteiger partial charge in [-0.1, -0.05) is 0 Å². The Morgan fingerprint density at radius 2 is 2.09 bits per heavy atom. The highest BCUT2D eigenvalue weighted by atomic mass is 19.1. The Hall–Kier alpha value is -3.92. The first-order valence-corrected chi connectivity index (χ1v) is 11.4. The standard InChI is InChI=1S/C25H25FN4O5/c1-33-23-9-5-15-4-7-19(26)18(24(15)29-23)12-27-10-2-3-17-13-30(25(32)35-17)16-6-8-21-20(11-16)28-22(31)14-34-21/h4-9,11,17,27H,2-3,10,12-14H2,1H3,(H,28,31). The normalized spacial score (nSPS) is 17.1. The van der Waals surface area contributed by atoms with E-state index in [1.165, 1.54) is 13.2 Å². The van der Waals surface area contributed by atoms with E-state index in [0.717, 1.165) is 11.8 Å². The van der Waals surface area contributed by atoms with Crippen LogP contribution in [0.15, 0.2) is 42.5 Å². The second-order valence-electron chi connectivity index (χ2n) is 8.40. The Kier molecular flexibility index (Phi) is 6.37. The molecule has 2 aliphatic heterocycles. The number of rotatable bonds is 8. The smallest absolute Gasteiger partial charge is 0.414 e. The molecular weight excluding hydrogens is 455 g/mol. The van der Waals surface area contributed by atoms with Gasteiger partial charge in [0.25, 0.3) is 5.91 Å². The molecule has 182 valence electrons. The zero-order valence-electron chi connectivity index (χ0n) is 19.2. The predicted octanol–water partition coefficient (Wildman–Crippen LogP) is 3.61. The molecule has 3 aromatic rings. The van der Waals surface area contributed by atoms with Crippen LogP contribution in [-0.2, 0) is 16.1 Å². The van der Waals surface area contributed by atoms with Crippen molar-refractivity contribution in [2.24, 2.45) is 0 Å². The van der Waals surface area contributed by atoms with Crippen LogP contribution in [0.3, 0.4) is 0 Å². The molecule has 3 heterocycles. The van der Waals surface area contributed by atoms with E-state index < -0.39 is 6.09 Å². The van der Waals surface area contributed by atoms with Gasteiger partial charge in [-0.25, -0.2) is 14.2 Å². The third-order valence-corrected chi connectivity index (χ3v) is 6.06. The minimum absolute atomic E-state index is 0.0218. The average molecular weight is 480 g/mol. The van der Waals surface area contributed by atoms with Crippen LogP contribution in [0.25, 0.3) is 10.9 Å². The van der Waals surface area contributed by atoms with Gasteiger partial charge in [0.05, 0.1) is 24.9 Å². The summed E-state index contributed by atoms with van der Waals surface area (Å²) in [6.07, 6.45) is 0.711. The van der Waals surface area contributed by atoms with Gasteiger partial charge in [0.2, 0.25) is 5.88 Å². The van der Waals surface area contributed by atoms with Gasteiger partial charge < -0.3 is 24.8 Å². The molecule has 1 fully saturated rings. The molecule has 0 spiro atoms. The van der Waals surface area contributed by atoms with E-state index in [9.17, 15) is 14.0 Å². The molecule has 0 bridgehead atoms. The van der Waals surface area contributed by atoms with Crippen LogP contribution >= 0.6 is 0 Å². The second kappa shape index (κ2) is 9.75. The zero-order valence-corrected chi connectivity index (χ0v) is 19.2. The van der Waals surface area contributed by atoms with Crippen LogP contribution in [0.1, 0.15) is 18.4 Å². The van der Waals surface area contributed by atoms with E-state index in [-0.39, 0.29) is 24.4 Å². The fraction of sp³-hybridized carbons (Fsp3) is 0.320. The second-order valence-corrected chi connectivity index (χ2v) is 8.40. The highest BCUT2D eigenvalue weighted by Crippen LogP contribution is 2.34. The summed E-state index contributed by atoms with van der Waals surface area (Å²) < 4.78 is 30.5. The number of nitrogens with one attached hydrogen (secondary N) is 2. The van der Waals surface area contributed by atoms with Gasteiger partial charge >= 0.3 is 6.09 Å². The van der Waals surface area contributed by atoms with Crippen molar-refractivity contribution in [2.45, 2.75) is 25.5 Å². The third-order valence-electron chi connectivity index (χ3n) is 6.06. The number of carbonyl (C=O) groups is 2. The van der Waals surface area contributed by atoms with Crippen molar-refractivity contribution in [3.05, 3.63) is 53.8 Å². The van der Waals surface area contributed by atoms with Crippen molar-refractivity contribution in [2.75, 3.05) is 37.0 Å². The number of cyclic esters (lactones) is 1. The molecule has 1 atom stereocenters. The lowest BCUT2D eigenvalue weighted by molar-refractivity contribution is -0.118. The monoisotopic (exact) mass is 480 g/mol. The molecule has 1 unspecified atom stereocenters. The van der Waals surface area contributed by atoms with E-state index in [0.29, 0.717) is 60.1 Å². The largest absolute Gasteiger partial charge is 0.482 e. The molecule has 2 aliphatic rings. The van der Waals surface area contributed by atoms with Crippen LogP contribution in [0.4, 0.5) is 20.6 Å². The van der Waals surface area contributed by atoms with Gasteiger partial charge in [0.1, 0.15) is 17.7 Å². The lowest BCUT2D eigenvalue weighted by atomic mass is 10.1. The molecule has 2 N–H and O–H groups in total. The molecule has 2 amide bonds. The minimum Gasteiger partial charge on any atom is -0.482 e. The number of fused-ring (bicyclic) bond motifs is 2. The quantitative estimate of drug-likeness (QED) is 0.475. The summed E-state index contributed by atoms with van der Waals surface area (Å²) in [7, 11) is 1.53. The summed E-state index contributed by atoms with van der Waals surface area (Å²) in [6.45, 7) is 1.33. The SMILES string of the molecule is COc1ccc2ccc(F)c(CNCCCC3CN(c4ccc5c(c4)NC(=O)CO5)C(=O)O3)c2n1. The average Bonchev–Trinajstić information content (AvgIpc) is 3.24. The Morgan fingerprint density at radius 3 is 2.94 bits per heavy atom. The summed E-state index contributed by atoms with van der Waals surface area (Å²) in [5.41, 5.74) is 2.23. The molecule has 0 saturated carbocycles. The molecule has 1 aromatic heterocycles. The molecule has 9 nitrogen and oxygen atoms in total. The Balaban J connectivity index is 1.14. The molecule has 0 radical (unpaired) electrons. The number of hydrogen-bond donors (Lipinski definition) is 2. The van der Waals surface area contributed by atoms with Gasteiger partial charge in [0, 0.05) is 29.2 Å². The number of pyridine rings is 1. The number of hydrogen-bond acceptors (Lipinski definition) is 7. The number of methoxy groups -OCH3 is 1. The van der Waals surface area contributed by atoms with Crippen molar-refractivity contribution in [3.8, 4) is 11.6 Å². The maximum absolute atomic E-state index is 14.5. The molecule has 1 saturated heterocycles. The lowest BCUT2D eigenvalue weighted by Gasteiger charge is -2.20. The first-order chi connectivity index (χ1) is 17.0. The van der Waals surface area contributed by atoms with Crippen molar-refractivity contribution >= 4 is 34.3 Å². The van der Waals surface area contributed by atoms with Gasteiger partial charge in [-0.3, -0.25) is 9.69 Å². The summed E-state index contributed by atoms with van der Waals surface area (Å²) in [4.78, 5) is 29.9. The zero-order chi connectivity index (χ0) is 24.4. The summed E-state index contributed by atoms with van der Waals surface area (Å²) in [6, 6.07) is 11.9. The summed E-state index contributed by atoms with van der Waals surface area (Å²) in [5.74, 6) is 0.450. The van der Waals surface area contributed by atoms with Crippen molar-refractivity contribution in [3.63, 3.8) is 0 Å². The van der Waals surface area contributed by atoms with Crippen molar-refractivity contribution < 1.29 is 28.2 Å². The number of benzene rings is 2. The predicted molar refractivity (Wildman–Crippen MR) is 127 cm³/mol. The summed E-state index contributed by atoms with van der Waals surface area (Å²) >= 11 is 0. The Morgan fingerprint density at radius 1 is 1.23 bits per heavy atom. The van der Waals surface area contributed by atoms with E-state index in [4.69, 9.17) is 14.2 Å². The maximum Gasteiger partial charge on any atom is 0.414 e. The van der Waals surface area contributed by atoms with Crippen LogP contribution in [0, 0.1) is 5.82 Å². The number of ether oxygens (including phenoxy) is 3. The van der Waals surface area contributed by atoms with E-state index in [1.54, 1.807) is 35.2 Å². The van der Waals surface area contributed by atoms with Crippen molar-refractivity contribution in [1.82, 2.24) is 10.3 Å². The maximum atomic E-state index is 14.5. The Bertz CT molecular complexity index is 1280. The molecule has 10 heteroatoms. The number of nitrogens with zero attached hydrogens (tertiary/aromatic N) is 2. The van der Waals surface area contributed by atoms with Gasteiger partial charge in [0.15, 0.2) is 6.61 Å². The number of halogens is 1. The van der Waals surface area contributed by atoms with Gasteiger partial charge in [-0.15, -0.1) is 0 Å². The molecule has 2 aromatic carbocycles. The fourth-order valence-electron chi connectivity index (χ4n) is 4.28. The topological polar surface area (TPSA) is 102 Å². The molecule has 5 rings (SSSR count). The number of carbonyl (C=O) groups excluding carboxylic acids is 2. The molecule has 0 aliphatic carbocycles. The van der Waals surface area contributed by atoms with Crippen molar-refractivity contribution in [1.29, 1.82) is 0 Å². The van der Waals surface area contributed by atoms with Gasteiger partial charge in [-0.2, -0.15) is 0 Å². The van der Waals surface area contributed by atoms with E-state index in [1.807, 2.05) is 6.07 Å². The van der Waals surface area contributed by atoms with Crippen LogP contribution in [0.5, 0.6) is 11.6 Å². The first-order valence-electron chi connectivity index (χ1n) is 11.4. The highest BCUT2D eigenvalue weighted by molar-refractivity contribution is 5.97. The van der Waals surface area contributed by atoms with Crippen LogP contribution in [-0.4, -0.2) is 49.9 Å². The van der Waals surface area contributed by atoms with Gasteiger partial charge in [-0.05, 0) is 55.8 Å². The number of amides is 2.